The van der Waals surface area contributed by atoms with Crippen LogP contribution in [0, 0.1) is 11.8 Å². The molecule has 3 rings (SSSR count). The fraction of sp³-hybridized carbons (Fsp3) is 0.556. The molecule has 0 N–H and O–H groups in total. The van der Waals surface area contributed by atoms with Gasteiger partial charge in [-0.25, -0.2) is 0 Å². The molecular formula is C27H38O. The van der Waals surface area contributed by atoms with Gasteiger partial charge in [0.15, 0.2) is 0 Å². The second-order valence-corrected chi connectivity index (χ2v) is 8.74. The lowest BCUT2D eigenvalue weighted by molar-refractivity contribution is 0.0990. The quantitative estimate of drug-likeness (QED) is 0.326. The van der Waals surface area contributed by atoms with Gasteiger partial charge in [0.1, 0.15) is 0 Å². The third-order valence-corrected chi connectivity index (χ3v) is 6.58. The molecule has 1 nitrogen and oxygen atoms in total. The van der Waals surface area contributed by atoms with Crippen LogP contribution < -0.4 is 0 Å². The molecule has 1 aromatic rings. The molecule has 1 atom stereocenters. The molecule has 0 spiro atoms. The summed E-state index contributed by atoms with van der Waals surface area (Å²) in [5.41, 5.74) is 2.88. The summed E-state index contributed by atoms with van der Waals surface area (Å²) in [5, 5.41) is 0. The van der Waals surface area contributed by atoms with Crippen molar-refractivity contribution in [1.29, 1.82) is 0 Å². The SMILES string of the molecule is CC=C[C@H]1CC[C@H](CCc2ccc(C3(COCCC)C=CC=CC3)cc2)CC1. The molecule has 0 radical (unpaired) electrons. The van der Waals surface area contributed by atoms with Crippen molar-refractivity contribution in [2.45, 2.75) is 70.6 Å². The predicted molar refractivity (Wildman–Crippen MR) is 121 cm³/mol. The van der Waals surface area contributed by atoms with E-state index >= 15 is 0 Å². The van der Waals surface area contributed by atoms with Crippen LogP contribution in [0.3, 0.4) is 0 Å². The average Bonchev–Trinajstić information content (AvgIpc) is 2.75. The highest BCUT2D eigenvalue weighted by molar-refractivity contribution is 5.37. The van der Waals surface area contributed by atoms with E-state index in [1.807, 2.05) is 0 Å². The predicted octanol–water partition coefficient (Wildman–Crippen LogP) is 7.18. The van der Waals surface area contributed by atoms with E-state index in [0.717, 1.165) is 37.9 Å². The summed E-state index contributed by atoms with van der Waals surface area (Å²) in [6.45, 7) is 5.93. The lowest BCUT2D eigenvalue weighted by atomic mass is 9.75. The number of hydrogen-bond donors (Lipinski definition) is 0. The highest BCUT2D eigenvalue weighted by Gasteiger charge is 2.29. The second kappa shape index (κ2) is 10.8. The normalized spacial score (nSPS) is 27.5. The van der Waals surface area contributed by atoms with Gasteiger partial charge in [0.05, 0.1) is 6.61 Å². The van der Waals surface area contributed by atoms with E-state index in [1.165, 1.54) is 49.7 Å². The van der Waals surface area contributed by atoms with E-state index in [-0.39, 0.29) is 5.41 Å². The minimum atomic E-state index is 0.00757. The van der Waals surface area contributed by atoms with E-state index in [1.54, 1.807) is 0 Å². The molecule has 0 aromatic heterocycles. The van der Waals surface area contributed by atoms with Gasteiger partial charge < -0.3 is 4.74 Å². The third-order valence-electron chi connectivity index (χ3n) is 6.58. The average molecular weight is 379 g/mol. The Balaban J connectivity index is 1.55. The lowest BCUT2D eigenvalue weighted by Gasteiger charge is -2.32. The summed E-state index contributed by atoms with van der Waals surface area (Å²) in [4.78, 5) is 0. The van der Waals surface area contributed by atoms with E-state index in [2.05, 4.69) is 74.6 Å². The number of benzene rings is 1. The van der Waals surface area contributed by atoms with Gasteiger partial charge in [0.2, 0.25) is 0 Å². The number of ether oxygens (including phenoxy) is 1. The second-order valence-electron chi connectivity index (χ2n) is 8.74. The summed E-state index contributed by atoms with van der Waals surface area (Å²) < 4.78 is 5.97. The highest BCUT2D eigenvalue weighted by Crippen LogP contribution is 2.35. The molecule has 0 aliphatic heterocycles. The number of aryl methyl sites for hydroxylation is 1. The lowest BCUT2D eigenvalue weighted by Crippen LogP contribution is -2.30. The zero-order valence-electron chi connectivity index (χ0n) is 17.9. The minimum Gasteiger partial charge on any atom is -0.380 e. The van der Waals surface area contributed by atoms with Crippen LogP contribution in [-0.2, 0) is 16.6 Å². The molecule has 0 heterocycles. The Morgan fingerprint density at radius 3 is 2.50 bits per heavy atom. The van der Waals surface area contributed by atoms with Crippen LogP contribution in [0.25, 0.3) is 0 Å². The summed E-state index contributed by atoms with van der Waals surface area (Å²) in [5.74, 6) is 1.76. The van der Waals surface area contributed by atoms with E-state index in [4.69, 9.17) is 4.74 Å². The summed E-state index contributed by atoms with van der Waals surface area (Å²) in [6.07, 6.45) is 23.8. The van der Waals surface area contributed by atoms with Crippen molar-refractivity contribution in [3.8, 4) is 0 Å². The van der Waals surface area contributed by atoms with Crippen molar-refractivity contribution in [3.05, 3.63) is 71.8 Å². The van der Waals surface area contributed by atoms with Crippen LogP contribution in [0.15, 0.2) is 60.7 Å². The number of rotatable bonds is 9. The van der Waals surface area contributed by atoms with E-state index < -0.39 is 0 Å². The zero-order chi connectivity index (χ0) is 19.7. The first kappa shape index (κ1) is 21.1. The number of hydrogen-bond acceptors (Lipinski definition) is 1. The minimum absolute atomic E-state index is 0.00757. The van der Waals surface area contributed by atoms with Crippen LogP contribution >= 0.6 is 0 Å². The summed E-state index contributed by atoms with van der Waals surface area (Å²) in [7, 11) is 0. The Morgan fingerprint density at radius 1 is 1.07 bits per heavy atom. The van der Waals surface area contributed by atoms with Gasteiger partial charge in [-0.05, 0) is 81.3 Å². The number of allylic oxidation sites excluding steroid dienone is 5. The van der Waals surface area contributed by atoms with E-state index in [9.17, 15) is 0 Å². The molecule has 2 aliphatic carbocycles. The molecule has 1 unspecified atom stereocenters. The third kappa shape index (κ3) is 5.70. The maximum atomic E-state index is 5.97. The molecule has 0 amide bonds. The zero-order valence-corrected chi connectivity index (χ0v) is 17.9. The Kier molecular flexibility index (Phi) is 8.15. The van der Waals surface area contributed by atoms with Crippen LogP contribution in [0.1, 0.15) is 69.9 Å². The van der Waals surface area contributed by atoms with Crippen LogP contribution in [-0.4, -0.2) is 13.2 Å². The first-order chi connectivity index (χ1) is 13.8. The Bertz CT molecular complexity index is 658. The molecule has 152 valence electrons. The van der Waals surface area contributed by atoms with Crippen molar-refractivity contribution in [2.24, 2.45) is 11.8 Å². The Morgan fingerprint density at radius 2 is 1.86 bits per heavy atom. The maximum Gasteiger partial charge on any atom is 0.0600 e. The summed E-state index contributed by atoms with van der Waals surface area (Å²) >= 11 is 0. The van der Waals surface area contributed by atoms with E-state index in [0.29, 0.717) is 0 Å². The molecule has 2 aliphatic rings. The molecule has 1 saturated carbocycles. The van der Waals surface area contributed by atoms with Gasteiger partial charge in [0.25, 0.3) is 0 Å². The van der Waals surface area contributed by atoms with Crippen molar-refractivity contribution < 1.29 is 4.74 Å². The van der Waals surface area contributed by atoms with Gasteiger partial charge in [-0.1, -0.05) is 67.6 Å². The first-order valence-electron chi connectivity index (χ1n) is 11.4. The smallest absolute Gasteiger partial charge is 0.0600 e. The maximum absolute atomic E-state index is 5.97. The Hall–Kier alpha value is -1.60. The topological polar surface area (TPSA) is 9.23 Å². The molecule has 1 aromatic carbocycles. The van der Waals surface area contributed by atoms with Gasteiger partial charge in [-0.2, -0.15) is 0 Å². The molecule has 1 fully saturated rings. The molecule has 1 heteroatoms. The first-order valence-corrected chi connectivity index (χ1v) is 11.4. The Labute approximate surface area is 172 Å². The van der Waals surface area contributed by atoms with Gasteiger partial charge in [-0.3, -0.25) is 0 Å². The highest BCUT2D eigenvalue weighted by atomic mass is 16.5. The largest absolute Gasteiger partial charge is 0.380 e. The van der Waals surface area contributed by atoms with Crippen LogP contribution in [0.4, 0.5) is 0 Å². The van der Waals surface area contributed by atoms with Gasteiger partial charge in [-0.15, -0.1) is 0 Å². The molecule has 28 heavy (non-hydrogen) atoms. The van der Waals surface area contributed by atoms with Gasteiger partial charge in [0, 0.05) is 12.0 Å². The standard InChI is InChI=1S/C27H38O/c1-3-8-23-9-11-24(12-10-23)13-14-25-15-17-26(18-16-25)27(22-28-21-4-2)19-6-5-7-20-27/h3,5-8,15-19,23-24H,4,9-14,20-22H2,1-2H3/t23-,24-,27?. The fourth-order valence-corrected chi connectivity index (χ4v) is 4.78. The van der Waals surface area contributed by atoms with Crippen molar-refractivity contribution in [3.63, 3.8) is 0 Å². The molecular weight excluding hydrogens is 340 g/mol. The molecule has 0 saturated heterocycles. The van der Waals surface area contributed by atoms with Crippen molar-refractivity contribution >= 4 is 0 Å². The van der Waals surface area contributed by atoms with Crippen molar-refractivity contribution in [1.82, 2.24) is 0 Å². The monoisotopic (exact) mass is 378 g/mol. The molecule has 0 bridgehead atoms. The van der Waals surface area contributed by atoms with Crippen molar-refractivity contribution in [2.75, 3.05) is 13.2 Å². The van der Waals surface area contributed by atoms with Crippen LogP contribution in [0.5, 0.6) is 0 Å². The fourth-order valence-electron chi connectivity index (χ4n) is 4.78. The summed E-state index contributed by atoms with van der Waals surface area (Å²) in [6, 6.07) is 9.40. The van der Waals surface area contributed by atoms with Gasteiger partial charge >= 0.3 is 0 Å². The van der Waals surface area contributed by atoms with Crippen LogP contribution in [0.2, 0.25) is 0 Å².